The third-order valence-electron chi connectivity index (χ3n) is 3.38. The van der Waals surface area contributed by atoms with Gasteiger partial charge in [-0.3, -0.25) is 4.79 Å². The number of fused-ring (bicyclic) bond motifs is 4. The maximum Gasteiger partial charge on any atom is 0.250 e. The van der Waals surface area contributed by atoms with E-state index in [9.17, 15) is 4.79 Å². The zero-order valence-corrected chi connectivity index (χ0v) is 10.5. The maximum atomic E-state index is 11.6. The smallest absolute Gasteiger partial charge is 0.250 e. The highest BCUT2D eigenvalue weighted by Crippen LogP contribution is 2.31. The molecule has 2 aliphatic rings. The average molecular weight is 263 g/mol. The molecule has 3 nitrogen and oxygen atoms in total. The fourth-order valence-corrected chi connectivity index (χ4v) is 2.74. The third-order valence-corrected chi connectivity index (χ3v) is 3.38. The Hall–Kier alpha value is -0.510. The molecule has 0 unspecified atom stereocenters. The molecule has 0 radical (unpaired) electrons. The summed E-state index contributed by atoms with van der Waals surface area (Å²) in [5.74, 6) is 1.21. The Morgan fingerprint density at radius 2 is 2.06 bits per heavy atom. The molecule has 1 N–H and O–H groups in total. The van der Waals surface area contributed by atoms with Crippen molar-refractivity contribution in [3.05, 3.63) is 34.2 Å². The van der Waals surface area contributed by atoms with Crippen molar-refractivity contribution < 1.29 is 0 Å². The van der Waals surface area contributed by atoms with E-state index in [0.29, 0.717) is 11.8 Å². The van der Waals surface area contributed by atoms with Gasteiger partial charge in [0.2, 0.25) is 0 Å². The Bertz CT molecular complexity index is 419. The van der Waals surface area contributed by atoms with Gasteiger partial charge in [-0.15, -0.1) is 24.8 Å². The maximum absolute atomic E-state index is 11.6. The molecule has 5 heteroatoms. The molecule has 0 saturated carbocycles. The molecule has 16 heavy (non-hydrogen) atoms. The van der Waals surface area contributed by atoms with Crippen LogP contribution < -0.4 is 10.9 Å². The summed E-state index contributed by atoms with van der Waals surface area (Å²) in [7, 11) is 0. The van der Waals surface area contributed by atoms with Crippen molar-refractivity contribution in [1.82, 2.24) is 9.88 Å². The van der Waals surface area contributed by atoms with Crippen LogP contribution >= 0.6 is 24.8 Å². The van der Waals surface area contributed by atoms with E-state index < -0.39 is 0 Å². The van der Waals surface area contributed by atoms with Gasteiger partial charge in [-0.05, 0) is 24.9 Å². The van der Waals surface area contributed by atoms with Crippen molar-refractivity contribution in [1.29, 1.82) is 0 Å². The Balaban J connectivity index is 0.000000640. The van der Waals surface area contributed by atoms with Crippen LogP contribution in [0.4, 0.5) is 0 Å². The summed E-state index contributed by atoms with van der Waals surface area (Å²) in [5.41, 5.74) is 1.39. The molecule has 0 amide bonds. The SMILES string of the molecule is Cl.Cl.O=c1cccc2n1C[C@@H]1CNC[C@H]2C1. The molecule has 3 rings (SSSR count). The summed E-state index contributed by atoms with van der Waals surface area (Å²) >= 11 is 0. The van der Waals surface area contributed by atoms with E-state index in [-0.39, 0.29) is 30.4 Å². The van der Waals surface area contributed by atoms with Gasteiger partial charge in [0.25, 0.3) is 5.56 Å². The Labute approximate surface area is 107 Å². The van der Waals surface area contributed by atoms with Gasteiger partial charge in [0.05, 0.1) is 0 Å². The van der Waals surface area contributed by atoms with Crippen molar-refractivity contribution in [2.24, 2.45) is 5.92 Å². The average Bonchev–Trinajstić information content (AvgIpc) is 2.20. The molecular weight excluding hydrogens is 247 g/mol. The molecular formula is C11H16Cl2N2O. The lowest BCUT2D eigenvalue weighted by Gasteiger charge is -2.37. The Morgan fingerprint density at radius 3 is 2.88 bits per heavy atom. The molecule has 1 fully saturated rings. The van der Waals surface area contributed by atoms with E-state index in [1.165, 1.54) is 12.1 Å². The minimum absolute atomic E-state index is 0. The summed E-state index contributed by atoms with van der Waals surface area (Å²) in [4.78, 5) is 11.6. The van der Waals surface area contributed by atoms with Gasteiger partial charge in [0.15, 0.2) is 0 Å². The van der Waals surface area contributed by atoms with Crippen LogP contribution in [0.25, 0.3) is 0 Å². The first-order chi connectivity index (χ1) is 6.84. The van der Waals surface area contributed by atoms with Gasteiger partial charge < -0.3 is 9.88 Å². The van der Waals surface area contributed by atoms with Gasteiger partial charge in [0, 0.05) is 30.8 Å². The van der Waals surface area contributed by atoms with E-state index in [0.717, 1.165) is 19.6 Å². The first kappa shape index (κ1) is 13.6. The number of nitrogens with zero attached hydrogens (tertiary/aromatic N) is 1. The molecule has 0 aromatic carbocycles. The van der Waals surface area contributed by atoms with Crippen molar-refractivity contribution in [2.75, 3.05) is 13.1 Å². The Morgan fingerprint density at radius 1 is 1.25 bits per heavy atom. The van der Waals surface area contributed by atoms with E-state index in [4.69, 9.17) is 0 Å². The molecule has 90 valence electrons. The minimum Gasteiger partial charge on any atom is -0.316 e. The van der Waals surface area contributed by atoms with Crippen molar-refractivity contribution in [3.63, 3.8) is 0 Å². The van der Waals surface area contributed by atoms with E-state index >= 15 is 0 Å². The van der Waals surface area contributed by atoms with Gasteiger partial charge in [-0.1, -0.05) is 6.07 Å². The lowest BCUT2D eigenvalue weighted by molar-refractivity contribution is 0.257. The highest BCUT2D eigenvalue weighted by Gasteiger charge is 2.30. The summed E-state index contributed by atoms with van der Waals surface area (Å²) < 4.78 is 1.96. The monoisotopic (exact) mass is 262 g/mol. The normalized spacial score (nSPS) is 26.0. The second kappa shape index (κ2) is 5.21. The molecule has 1 saturated heterocycles. The summed E-state index contributed by atoms with van der Waals surface area (Å²) in [5, 5.41) is 3.43. The Kier molecular flexibility index (Phi) is 4.42. The highest BCUT2D eigenvalue weighted by atomic mass is 35.5. The van der Waals surface area contributed by atoms with Crippen LogP contribution in [0, 0.1) is 5.92 Å². The van der Waals surface area contributed by atoms with Crippen LogP contribution in [0.5, 0.6) is 0 Å². The molecule has 1 aromatic rings. The van der Waals surface area contributed by atoms with Gasteiger partial charge in [0.1, 0.15) is 0 Å². The topological polar surface area (TPSA) is 34.0 Å². The van der Waals surface area contributed by atoms with Crippen LogP contribution in [0.2, 0.25) is 0 Å². The molecule has 2 bridgehead atoms. The highest BCUT2D eigenvalue weighted by molar-refractivity contribution is 5.85. The number of hydrogen-bond acceptors (Lipinski definition) is 2. The zero-order valence-electron chi connectivity index (χ0n) is 8.89. The number of pyridine rings is 1. The largest absolute Gasteiger partial charge is 0.316 e. The number of piperidine rings is 1. The molecule has 0 spiro atoms. The van der Waals surface area contributed by atoms with E-state index in [2.05, 4.69) is 11.4 Å². The molecule has 2 aliphatic heterocycles. The fraction of sp³-hybridized carbons (Fsp3) is 0.545. The summed E-state index contributed by atoms with van der Waals surface area (Å²) in [6.07, 6.45) is 1.25. The first-order valence-corrected chi connectivity index (χ1v) is 5.25. The molecule has 2 atom stereocenters. The number of halogens is 2. The lowest BCUT2D eigenvalue weighted by atomic mass is 9.84. The zero-order chi connectivity index (χ0) is 9.54. The van der Waals surface area contributed by atoms with Gasteiger partial charge >= 0.3 is 0 Å². The van der Waals surface area contributed by atoms with Crippen LogP contribution in [-0.2, 0) is 6.54 Å². The van der Waals surface area contributed by atoms with E-state index in [1.807, 2.05) is 10.6 Å². The fourth-order valence-electron chi connectivity index (χ4n) is 2.74. The standard InChI is InChI=1S/C11H14N2O.2ClH/c14-11-3-1-2-10-9-4-8(5-12-6-9)7-13(10)11;;/h1-3,8-9,12H,4-7H2;2*1H/t8-,9+;;/m0../s1. The van der Waals surface area contributed by atoms with Crippen molar-refractivity contribution in [2.45, 2.75) is 18.9 Å². The predicted octanol–water partition coefficient (Wildman–Crippen LogP) is 1.40. The molecule has 0 aliphatic carbocycles. The summed E-state index contributed by atoms with van der Waals surface area (Å²) in [6, 6.07) is 5.64. The number of rotatable bonds is 0. The molecule has 3 heterocycles. The van der Waals surface area contributed by atoms with Crippen molar-refractivity contribution >= 4 is 24.8 Å². The predicted molar refractivity (Wildman–Crippen MR) is 68.9 cm³/mol. The lowest BCUT2D eigenvalue weighted by Crippen LogP contribution is -2.44. The van der Waals surface area contributed by atoms with Gasteiger partial charge in [-0.2, -0.15) is 0 Å². The van der Waals surface area contributed by atoms with Crippen LogP contribution in [0.1, 0.15) is 18.0 Å². The second-order valence-corrected chi connectivity index (χ2v) is 4.36. The van der Waals surface area contributed by atoms with Crippen LogP contribution in [0.15, 0.2) is 23.0 Å². The van der Waals surface area contributed by atoms with E-state index in [1.54, 1.807) is 6.07 Å². The number of aromatic nitrogens is 1. The van der Waals surface area contributed by atoms with Gasteiger partial charge in [-0.25, -0.2) is 0 Å². The number of nitrogens with one attached hydrogen (secondary N) is 1. The minimum atomic E-state index is 0. The van der Waals surface area contributed by atoms with Crippen LogP contribution in [0.3, 0.4) is 0 Å². The molecule has 1 aromatic heterocycles. The second-order valence-electron chi connectivity index (χ2n) is 4.36. The number of hydrogen-bond donors (Lipinski definition) is 1. The van der Waals surface area contributed by atoms with Crippen LogP contribution in [-0.4, -0.2) is 17.7 Å². The first-order valence-electron chi connectivity index (χ1n) is 5.25. The third kappa shape index (κ3) is 2.12. The quantitative estimate of drug-likeness (QED) is 0.767. The summed E-state index contributed by atoms with van der Waals surface area (Å²) in [6.45, 7) is 3.00. The van der Waals surface area contributed by atoms with Crippen molar-refractivity contribution in [3.8, 4) is 0 Å².